The Balaban J connectivity index is 2.18. The Morgan fingerprint density at radius 3 is 2.43 bits per heavy atom. The van der Waals surface area contributed by atoms with Gasteiger partial charge in [0, 0.05) is 22.5 Å². The topological polar surface area (TPSA) is 24.9 Å². The normalized spacial score (nSPS) is 11.8. The average molecular weight is 302 g/mol. The lowest BCUT2D eigenvalue weighted by Crippen LogP contribution is -2.37. The van der Waals surface area contributed by atoms with Crippen molar-refractivity contribution in [2.45, 2.75) is 52.5 Å². The quantitative estimate of drug-likeness (QED) is 0.837. The highest BCUT2D eigenvalue weighted by Gasteiger charge is 2.14. The molecule has 0 spiro atoms. The van der Waals surface area contributed by atoms with Crippen LogP contribution in [0.15, 0.2) is 30.3 Å². The molecule has 21 heavy (non-hydrogen) atoms. The average Bonchev–Trinajstić information content (AvgIpc) is 2.82. The molecule has 0 atom stereocenters. The Morgan fingerprint density at radius 1 is 1.10 bits per heavy atom. The van der Waals surface area contributed by atoms with Crippen LogP contribution in [-0.2, 0) is 12.8 Å². The minimum atomic E-state index is 0.170. The van der Waals surface area contributed by atoms with E-state index < -0.39 is 0 Å². The van der Waals surface area contributed by atoms with Crippen LogP contribution in [0.2, 0.25) is 0 Å². The summed E-state index contributed by atoms with van der Waals surface area (Å²) in [5.74, 6) is 0. The Bertz CT molecular complexity index is 552. The molecule has 3 heteroatoms. The molecule has 0 radical (unpaired) electrons. The number of benzene rings is 1. The predicted octanol–water partition coefficient (Wildman–Crippen LogP) is 4.69. The number of thiazole rings is 1. The maximum absolute atomic E-state index is 4.88. The van der Waals surface area contributed by atoms with Gasteiger partial charge in [-0.15, -0.1) is 11.3 Å². The van der Waals surface area contributed by atoms with Gasteiger partial charge >= 0.3 is 0 Å². The summed E-state index contributed by atoms with van der Waals surface area (Å²) in [5.41, 5.74) is 2.59. The van der Waals surface area contributed by atoms with Gasteiger partial charge in [-0.3, -0.25) is 0 Å². The minimum absolute atomic E-state index is 0.170. The number of nitrogens with zero attached hydrogens (tertiary/aromatic N) is 1. The first-order chi connectivity index (χ1) is 9.99. The first-order valence-electron chi connectivity index (χ1n) is 7.78. The van der Waals surface area contributed by atoms with Gasteiger partial charge in [0.2, 0.25) is 0 Å². The molecule has 114 valence electrons. The van der Waals surface area contributed by atoms with Crippen molar-refractivity contribution in [2.75, 3.05) is 6.54 Å². The number of aryl methyl sites for hydroxylation is 1. The van der Waals surface area contributed by atoms with Crippen LogP contribution in [0.3, 0.4) is 0 Å². The van der Waals surface area contributed by atoms with E-state index >= 15 is 0 Å². The van der Waals surface area contributed by atoms with Gasteiger partial charge in [0.1, 0.15) is 0 Å². The smallest absolute Gasteiger partial charge is 0.0935 e. The summed E-state index contributed by atoms with van der Waals surface area (Å²) in [4.78, 5) is 6.28. The van der Waals surface area contributed by atoms with Gasteiger partial charge in [-0.2, -0.15) is 0 Å². The van der Waals surface area contributed by atoms with E-state index in [1.807, 2.05) is 11.3 Å². The summed E-state index contributed by atoms with van der Waals surface area (Å²) in [6.45, 7) is 9.84. The maximum atomic E-state index is 4.88. The van der Waals surface area contributed by atoms with Gasteiger partial charge in [-0.1, -0.05) is 37.3 Å². The van der Waals surface area contributed by atoms with E-state index in [-0.39, 0.29) is 5.54 Å². The Kier molecular flexibility index (Phi) is 5.54. The number of rotatable bonds is 6. The third-order valence-corrected chi connectivity index (χ3v) is 4.44. The van der Waals surface area contributed by atoms with E-state index in [0.29, 0.717) is 0 Å². The van der Waals surface area contributed by atoms with E-state index in [1.54, 1.807) is 0 Å². The van der Waals surface area contributed by atoms with Gasteiger partial charge in [0.15, 0.2) is 0 Å². The Hall–Kier alpha value is -1.19. The SMILES string of the molecule is CCCc1nc(-c2ccccc2)c(CCNC(C)(C)C)s1. The minimum Gasteiger partial charge on any atom is -0.312 e. The highest BCUT2D eigenvalue weighted by molar-refractivity contribution is 7.12. The van der Waals surface area contributed by atoms with Crippen LogP contribution in [0.1, 0.15) is 44.0 Å². The summed E-state index contributed by atoms with van der Waals surface area (Å²) in [7, 11) is 0. The third kappa shape index (κ3) is 4.94. The third-order valence-electron chi connectivity index (χ3n) is 3.26. The van der Waals surface area contributed by atoms with Crippen LogP contribution in [0, 0.1) is 0 Å². The zero-order chi connectivity index (χ0) is 15.3. The summed E-state index contributed by atoms with van der Waals surface area (Å²) in [6.07, 6.45) is 3.28. The zero-order valence-corrected chi connectivity index (χ0v) is 14.4. The van der Waals surface area contributed by atoms with Crippen molar-refractivity contribution in [2.24, 2.45) is 0 Å². The Labute approximate surface area is 132 Å². The summed E-state index contributed by atoms with van der Waals surface area (Å²) in [5, 5.41) is 4.84. The van der Waals surface area contributed by atoms with E-state index in [9.17, 15) is 0 Å². The van der Waals surface area contributed by atoms with Crippen LogP contribution in [0.5, 0.6) is 0 Å². The van der Waals surface area contributed by atoms with Gasteiger partial charge in [-0.05, 0) is 40.0 Å². The van der Waals surface area contributed by atoms with Crippen LogP contribution < -0.4 is 5.32 Å². The first-order valence-corrected chi connectivity index (χ1v) is 8.60. The summed E-state index contributed by atoms with van der Waals surface area (Å²) < 4.78 is 0. The molecule has 0 fully saturated rings. The number of hydrogen-bond donors (Lipinski definition) is 1. The fraction of sp³-hybridized carbons (Fsp3) is 0.500. The van der Waals surface area contributed by atoms with Crippen molar-refractivity contribution in [3.05, 3.63) is 40.2 Å². The molecule has 1 heterocycles. The molecule has 0 saturated heterocycles. The lowest BCUT2D eigenvalue weighted by Gasteiger charge is -2.20. The highest BCUT2D eigenvalue weighted by Crippen LogP contribution is 2.29. The maximum Gasteiger partial charge on any atom is 0.0935 e. The number of hydrogen-bond acceptors (Lipinski definition) is 3. The lowest BCUT2D eigenvalue weighted by molar-refractivity contribution is 0.430. The first kappa shape index (κ1) is 16.2. The van der Waals surface area contributed by atoms with E-state index in [1.165, 1.54) is 21.1 Å². The van der Waals surface area contributed by atoms with Crippen molar-refractivity contribution >= 4 is 11.3 Å². The zero-order valence-electron chi connectivity index (χ0n) is 13.6. The van der Waals surface area contributed by atoms with Crippen molar-refractivity contribution in [3.63, 3.8) is 0 Å². The van der Waals surface area contributed by atoms with Gasteiger partial charge in [-0.25, -0.2) is 4.98 Å². The molecular weight excluding hydrogens is 276 g/mol. The largest absolute Gasteiger partial charge is 0.312 e. The van der Waals surface area contributed by atoms with E-state index in [4.69, 9.17) is 4.98 Å². The molecule has 0 aliphatic rings. The molecule has 1 aromatic heterocycles. The Morgan fingerprint density at radius 2 is 1.81 bits per heavy atom. The molecule has 2 nitrogen and oxygen atoms in total. The molecule has 2 aromatic rings. The molecule has 0 bridgehead atoms. The van der Waals surface area contributed by atoms with Crippen LogP contribution >= 0.6 is 11.3 Å². The second kappa shape index (κ2) is 7.19. The van der Waals surface area contributed by atoms with Gasteiger partial charge < -0.3 is 5.32 Å². The molecule has 0 saturated carbocycles. The predicted molar refractivity (Wildman–Crippen MR) is 93.0 cm³/mol. The van der Waals surface area contributed by atoms with Crippen LogP contribution in [-0.4, -0.2) is 17.1 Å². The number of aromatic nitrogens is 1. The molecule has 1 N–H and O–H groups in total. The second-order valence-electron chi connectivity index (χ2n) is 6.42. The van der Waals surface area contributed by atoms with Gasteiger partial charge in [0.25, 0.3) is 0 Å². The van der Waals surface area contributed by atoms with Gasteiger partial charge in [0.05, 0.1) is 10.7 Å². The van der Waals surface area contributed by atoms with E-state index in [2.05, 4.69) is 63.3 Å². The summed E-state index contributed by atoms with van der Waals surface area (Å²) in [6, 6.07) is 10.6. The monoisotopic (exact) mass is 302 g/mol. The van der Waals surface area contributed by atoms with Crippen LogP contribution in [0.25, 0.3) is 11.3 Å². The van der Waals surface area contributed by atoms with Crippen molar-refractivity contribution in [1.82, 2.24) is 10.3 Å². The number of nitrogens with one attached hydrogen (secondary N) is 1. The summed E-state index contributed by atoms with van der Waals surface area (Å²) >= 11 is 1.88. The van der Waals surface area contributed by atoms with Crippen molar-refractivity contribution in [1.29, 1.82) is 0 Å². The second-order valence-corrected chi connectivity index (χ2v) is 7.59. The molecule has 2 rings (SSSR count). The standard InChI is InChI=1S/C18H26N2S/c1-5-9-16-20-17(14-10-7-6-8-11-14)15(21-16)12-13-19-18(2,3)4/h6-8,10-11,19H,5,9,12-13H2,1-4H3. The fourth-order valence-corrected chi connectivity index (χ4v) is 3.46. The molecule has 1 aromatic carbocycles. The highest BCUT2D eigenvalue weighted by atomic mass is 32.1. The fourth-order valence-electron chi connectivity index (χ4n) is 2.26. The molecule has 0 amide bonds. The molecule has 0 unspecified atom stereocenters. The van der Waals surface area contributed by atoms with Crippen molar-refractivity contribution in [3.8, 4) is 11.3 Å². The molecular formula is C18H26N2S. The van der Waals surface area contributed by atoms with Crippen LogP contribution in [0.4, 0.5) is 0 Å². The van der Waals surface area contributed by atoms with Crippen molar-refractivity contribution < 1.29 is 0 Å². The van der Waals surface area contributed by atoms with E-state index in [0.717, 1.165) is 25.8 Å². The molecule has 0 aliphatic carbocycles. The molecule has 0 aliphatic heterocycles. The lowest BCUT2D eigenvalue weighted by atomic mass is 10.1.